The van der Waals surface area contributed by atoms with Gasteiger partial charge >= 0.3 is 0 Å². The zero-order chi connectivity index (χ0) is 21.9. The van der Waals surface area contributed by atoms with E-state index >= 15 is 0 Å². The standard InChI is InChI=1S/C23H29N3O4S/c27-23(10-12-25-31(28,29)17-11-20-6-2-1-3-7-20)24-18-21-8-4-5-9-22(21)19-26-13-15-30-16-14-26/h1-9,11,17,25H,10,12-16,18-19H2,(H,24,27)/b17-11+. The molecule has 1 fully saturated rings. The molecule has 0 radical (unpaired) electrons. The molecule has 1 aliphatic heterocycles. The van der Waals surface area contributed by atoms with Crippen LogP contribution in [-0.2, 0) is 32.6 Å². The number of amides is 1. The second-order valence-electron chi connectivity index (χ2n) is 7.34. The fraction of sp³-hybridized carbons (Fsp3) is 0.348. The Bertz CT molecular complexity index is 971. The first-order chi connectivity index (χ1) is 15.0. The van der Waals surface area contributed by atoms with E-state index in [4.69, 9.17) is 4.74 Å². The second kappa shape index (κ2) is 11.8. The molecule has 0 spiro atoms. The van der Waals surface area contributed by atoms with Crippen LogP contribution in [0.15, 0.2) is 60.0 Å². The Labute approximate surface area is 184 Å². The molecule has 1 saturated heterocycles. The summed E-state index contributed by atoms with van der Waals surface area (Å²) in [6.45, 7) is 4.58. The maximum Gasteiger partial charge on any atom is 0.233 e. The molecule has 0 unspecified atom stereocenters. The lowest BCUT2D eigenvalue weighted by Gasteiger charge is -2.27. The highest BCUT2D eigenvalue weighted by atomic mass is 32.2. The summed E-state index contributed by atoms with van der Waals surface area (Å²) in [4.78, 5) is 14.5. The van der Waals surface area contributed by atoms with Gasteiger partial charge < -0.3 is 10.1 Å². The largest absolute Gasteiger partial charge is 0.379 e. The first-order valence-corrected chi connectivity index (χ1v) is 11.9. The molecule has 0 bridgehead atoms. The van der Waals surface area contributed by atoms with Crippen LogP contribution in [0, 0.1) is 0 Å². The summed E-state index contributed by atoms with van der Waals surface area (Å²) in [6, 6.07) is 17.2. The smallest absolute Gasteiger partial charge is 0.233 e. The molecule has 1 heterocycles. The van der Waals surface area contributed by atoms with Gasteiger partial charge in [-0.2, -0.15) is 0 Å². The summed E-state index contributed by atoms with van der Waals surface area (Å²) in [6.07, 6.45) is 1.60. The molecular weight excluding hydrogens is 414 g/mol. The summed E-state index contributed by atoms with van der Waals surface area (Å²) in [5.74, 6) is -0.198. The van der Waals surface area contributed by atoms with Gasteiger partial charge in [0.05, 0.1) is 13.2 Å². The van der Waals surface area contributed by atoms with E-state index in [0.717, 1.165) is 49.4 Å². The minimum atomic E-state index is -3.59. The van der Waals surface area contributed by atoms with E-state index in [9.17, 15) is 13.2 Å². The van der Waals surface area contributed by atoms with E-state index in [2.05, 4.69) is 21.0 Å². The number of ether oxygens (including phenoxy) is 1. The van der Waals surface area contributed by atoms with Gasteiger partial charge in [0.2, 0.25) is 15.9 Å². The number of hydrogen-bond acceptors (Lipinski definition) is 5. The van der Waals surface area contributed by atoms with Crippen LogP contribution in [0.25, 0.3) is 6.08 Å². The number of morpholine rings is 1. The van der Waals surface area contributed by atoms with Crippen LogP contribution in [0.2, 0.25) is 0 Å². The van der Waals surface area contributed by atoms with Gasteiger partial charge in [-0.3, -0.25) is 9.69 Å². The zero-order valence-corrected chi connectivity index (χ0v) is 18.3. The lowest BCUT2D eigenvalue weighted by Crippen LogP contribution is -2.36. The van der Waals surface area contributed by atoms with Crippen LogP contribution in [0.1, 0.15) is 23.1 Å². The van der Waals surface area contributed by atoms with Crippen molar-refractivity contribution in [1.82, 2.24) is 14.9 Å². The third kappa shape index (κ3) is 8.26. The normalized spacial score (nSPS) is 15.2. The Morgan fingerprint density at radius 1 is 1.00 bits per heavy atom. The van der Waals surface area contributed by atoms with E-state index in [1.54, 1.807) is 0 Å². The van der Waals surface area contributed by atoms with Crippen molar-refractivity contribution < 1.29 is 17.9 Å². The molecule has 166 valence electrons. The molecule has 2 N–H and O–H groups in total. The van der Waals surface area contributed by atoms with Crippen LogP contribution in [0.5, 0.6) is 0 Å². The Morgan fingerprint density at radius 3 is 2.42 bits per heavy atom. The predicted octanol–water partition coefficient (Wildman–Crippen LogP) is 2.12. The number of carbonyl (C=O) groups excluding carboxylic acids is 1. The van der Waals surface area contributed by atoms with Crippen LogP contribution in [-0.4, -0.2) is 52.1 Å². The average molecular weight is 444 g/mol. The molecule has 31 heavy (non-hydrogen) atoms. The molecule has 0 aromatic heterocycles. The van der Waals surface area contributed by atoms with Crippen molar-refractivity contribution in [3.63, 3.8) is 0 Å². The van der Waals surface area contributed by atoms with Crippen molar-refractivity contribution in [1.29, 1.82) is 0 Å². The van der Waals surface area contributed by atoms with Crippen molar-refractivity contribution in [3.05, 3.63) is 76.7 Å². The van der Waals surface area contributed by atoms with Crippen molar-refractivity contribution >= 4 is 22.0 Å². The molecule has 1 aliphatic rings. The molecule has 8 heteroatoms. The second-order valence-corrected chi connectivity index (χ2v) is 8.99. The topological polar surface area (TPSA) is 87.7 Å². The first kappa shape index (κ1) is 23.1. The Hall–Kier alpha value is -2.52. The number of benzene rings is 2. The summed E-state index contributed by atoms with van der Waals surface area (Å²) >= 11 is 0. The predicted molar refractivity (Wildman–Crippen MR) is 121 cm³/mol. The molecule has 0 atom stereocenters. The lowest BCUT2D eigenvalue weighted by atomic mass is 10.1. The number of rotatable bonds is 10. The minimum Gasteiger partial charge on any atom is -0.379 e. The third-order valence-corrected chi connectivity index (χ3v) is 6.09. The van der Waals surface area contributed by atoms with Crippen molar-refractivity contribution in [2.24, 2.45) is 0 Å². The van der Waals surface area contributed by atoms with Gasteiger partial charge in [0, 0.05) is 44.6 Å². The van der Waals surface area contributed by atoms with Crippen molar-refractivity contribution in [3.8, 4) is 0 Å². The van der Waals surface area contributed by atoms with E-state index in [1.165, 1.54) is 11.6 Å². The quantitative estimate of drug-likeness (QED) is 0.587. The van der Waals surface area contributed by atoms with Gasteiger partial charge in [0.1, 0.15) is 0 Å². The highest BCUT2D eigenvalue weighted by Gasteiger charge is 2.13. The number of hydrogen-bond donors (Lipinski definition) is 2. The van der Waals surface area contributed by atoms with Crippen molar-refractivity contribution in [2.45, 2.75) is 19.5 Å². The van der Waals surface area contributed by atoms with E-state index in [0.29, 0.717) is 6.54 Å². The van der Waals surface area contributed by atoms with Crippen LogP contribution >= 0.6 is 0 Å². The van der Waals surface area contributed by atoms with Gasteiger partial charge in [0.25, 0.3) is 0 Å². The number of nitrogens with zero attached hydrogens (tertiary/aromatic N) is 1. The van der Waals surface area contributed by atoms with Crippen LogP contribution < -0.4 is 10.0 Å². The lowest BCUT2D eigenvalue weighted by molar-refractivity contribution is -0.121. The molecule has 2 aromatic carbocycles. The fourth-order valence-electron chi connectivity index (χ4n) is 3.25. The Balaban J connectivity index is 1.42. The Morgan fingerprint density at radius 2 is 1.68 bits per heavy atom. The molecule has 7 nitrogen and oxygen atoms in total. The van der Waals surface area contributed by atoms with E-state index in [1.807, 2.05) is 48.5 Å². The summed E-state index contributed by atoms with van der Waals surface area (Å²) < 4.78 is 31.9. The number of sulfonamides is 1. The maximum absolute atomic E-state index is 12.2. The number of nitrogens with one attached hydrogen (secondary N) is 2. The highest BCUT2D eigenvalue weighted by molar-refractivity contribution is 7.92. The minimum absolute atomic E-state index is 0.0444. The SMILES string of the molecule is O=C(CCNS(=O)(=O)/C=C/c1ccccc1)NCc1ccccc1CN1CCOCC1. The molecule has 2 aromatic rings. The molecule has 3 rings (SSSR count). The van der Waals surface area contributed by atoms with Crippen LogP contribution in [0.4, 0.5) is 0 Å². The highest BCUT2D eigenvalue weighted by Crippen LogP contribution is 2.13. The first-order valence-electron chi connectivity index (χ1n) is 10.4. The zero-order valence-electron chi connectivity index (χ0n) is 17.5. The molecule has 0 saturated carbocycles. The van der Waals surface area contributed by atoms with Gasteiger partial charge in [-0.1, -0.05) is 54.6 Å². The van der Waals surface area contributed by atoms with Crippen molar-refractivity contribution in [2.75, 3.05) is 32.8 Å². The third-order valence-electron chi connectivity index (χ3n) is 4.99. The maximum atomic E-state index is 12.2. The molecule has 0 aliphatic carbocycles. The molecular formula is C23H29N3O4S. The molecule has 1 amide bonds. The van der Waals surface area contributed by atoms with E-state index in [-0.39, 0.29) is 18.9 Å². The van der Waals surface area contributed by atoms with Crippen LogP contribution in [0.3, 0.4) is 0 Å². The van der Waals surface area contributed by atoms with Gasteiger partial charge in [-0.25, -0.2) is 13.1 Å². The summed E-state index contributed by atoms with van der Waals surface area (Å²) in [7, 11) is -3.59. The van der Waals surface area contributed by atoms with Gasteiger partial charge in [-0.15, -0.1) is 0 Å². The Kier molecular flexibility index (Phi) is 8.78. The summed E-state index contributed by atoms with van der Waals surface area (Å²) in [5, 5.41) is 4.00. The van der Waals surface area contributed by atoms with Gasteiger partial charge in [0.15, 0.2) is 0 Å². The summed E-state index contributed by atoms with van der Waals surface area (Å²) in [5.41, 5.74) is 3.03. The van der Waals surface area contributed by atoms with E-state index < -0.39 is 10.0 Å². The average Bonchev–Trinajstić information content (AvgIpc) is 2.78. The fourth-order valence-corrected chi connectivity index (χ4v) is 4.07. The van der Waals surface area contributed by atoms with Gasteiger partial charge in [-0.05, 0) is 22.8 Å². The monoisotopic (exact) mass is 443 g/mol. The number of carbonyl (C=O) groups is 1.